The summed E-state index contributed by atoms with van der Waals surface area (Å²) in [6, 6.07) is 6.70. The number of hydrogen-bond donors (Lipinski definition) is 1. The van der Waals surface area contributed by atoms with Crippen molar-refractivity contribution in [1.82, 2.24) is 5.32 Å². The Bertz CT molecular complexity index is 506. The van der Waals surface area contributed by atoms with Crippen molar-refractivity contribution in [3.8, 4) is 0 Å². The highest BCUT2D eigenvalue weighted by Crippen LogP contribution is 2.48. The van der Waals surface area contributed by atoms with Crippen LogP contribution in [0.2, 0.25) is 10.0 Å². The van der Waals surface area contributed by atoms with Crippen LogP contribution in [0.3, 0.4) is 0 Å². The van der Waals surface area contributed by atoms with Crippen molar-refractivity contribution in [1.29, 1.82) is 0 Å². The van der Waals surface area contributed by atoms with Gasteiger partial charge in [-0.25, -0.2) is 0 Å². The Balaban J connectivity index is 1.82. The second kappa shape index (κ2) is 6.10. The van der Waals surface area contributed by atoms with Crippen molar-refractivity contribution < 1.29 is 0 Å². The van der Waals surface area contributed by atoms with Crippen molar-refractivity contribution >= 4 is 23.2 Å². The molecule has 2 atom stereocenters. The van der Waals surface area contributed by atoms with E-state index in [9.17, 15) is 0 Å². The lowest BCUT2D eigenvalue weighted by Crippen LogP contribution is -2.35. The Morgan fingerprint density at radius 1 is 1.19 bits per heavy atom. The second-order valence-electron chi connectivity index (χ2n) is 7.62. The largest absolute Gasteiger partial charge is 0.314 e. The summed E-state index contributed by atoms with van der Waals surface area (Å²) in [6.45, 7) is 5.88. The van der Waals surface area contributed by atoms with Gasteiger partial charge in [0.05, 0.1) is 0 Å². The third-order valence-corrected chi connectivity index (χ3v) is 5.72. The standard InChI is InChI=1S/C18H25Cl2N/c1-18(2)8-7-12(11-21-14-4-5-14)16(10-18)15-9-13(19)3-6-17(15)20/h3,6,9,12,14,16,21H,4-5,7-8,10-11H2,1-2H3. The average Bonchev–Trinajstić information content (AvgIpc) is 3.23. The van der Waals surface area contributed by atoms with Crippen LogP contribution in [0.5, 0.6) is 0 Å². The number of nitrogens with one attached hydrogen (secondary N) is 1. The maximum Gasteiger partial charge on any atom is 0.0441 e. The summed E-state index contributed by atoms with van der Waals surface area (Å²) in [6.07, 6.45) is 6.48. The minimum Gasteiger partial charge on any atom is -0.314 e. The molecule has 1 aromatic carbocycles. The predicted octanol–water partition coefficient (Wildman–Crippen LogP) is 5.66. The van der Waals surface area contributed by atoms with E-state index in [0.717, 1.165) is 22.6 Å². The molecule has 116 valence electrons. The minimum absolute atomic E-state index is 0.395. The molecule has 0 bridgehead atoms. The molecule has 2 aliphatic rings. The second-order valence-corrected chi connectivity index (χ2v) is 8.47. The molecule has 0 aliphatic heterocycles. The fraction of sp³-hybridized carbons (Fsp3) is 0.667. The molecular weight excluding hydrogens is 301 g/mol. The molecule has 0 aromatic heterocycles. The van der Waals surface area contributed by atoms with Crippen LogP contribution in [0.4, 0.5) is 0 Å². The third-order valence-electron chi connectivity index (χ3n) is 5.14. The zero-order chi connectivity index (χ0) is 15.0. The normalized spacial score (nSPS) is 28.6. The van der Waals surface area contributed by atoms with Gasteiger partial charge >= 0.3 is 0 Å². The lowest BCUT2D eigenvalue weighted by atomic mass is 9.65. The van der Waals surface area contributed by atoms with Crippen LogP contribution in [0, 0.1) is 11.3 Å². The van der Waals surface area contributed by atoms with Gasteiger partial charge in [-0.05, 0) is 79.7 Å². The van der Waals surface area contributed by atoms with Crippen LogP contribution in [0.25, 0.3) is 0 Å². The van der Waals surface area contributed by atoms with Crippen LogP contribution in [-0.2, 0) is 0 Å². The SMILES string of the molecule is CC1(C)CCC(CNC2CC2)C(c2cc(Cl)ccc2Cl)C1. The van der Waals surface area contributed by atoms with Crippen LogP contribution in [0.1, 0.15) is 57.4 Å². The zero-order valence-corrected chi connectivity index (χ0v) is 14.5. The molecular formula is C18H25Cl2N. The van der Waals surface area contributed by atoms with E-state index in [4.69, 9.17) is 23.2 Å². The van der Waals surface area contributed by atoms with Crippen LogP contribution in [-0.4, -0.2) is 12.6 Å². The van der Waals surface area contributed by atoms with Gasteiger partial charge in [-0.15, -0.1) is 0 Å². The number of benzene rings is 1. The van der Waals surface area contributed by atoms with Gasteiger partial charge in [0.2, 0.25) is 0 Å². The Labute approximate surface area is 138 Å². The molecule has 2 aliphatic carbocycles. The predicted molar refractivity (Wildman–Crippen MR) is 91.3 cm³/mol. The van der Waals surface area contributed by atoms with Gasteiger partial charge in [0.15, 0.2) is 0 Å². The first-order valence-corrected chi connectivity index (χ1v) is 8.88. The number of rotatable bonds is 4. The average molecular weight is 326 g/mol. The summed E-state index contributed by atoms with van der Waals surface area (Å²) < 4.78 is 0. The van der Waals surface area contributed by atoms with E-state index in [2.05, 4.69) is 25.2 Å². The quantitative estimate of drug-likeness (QED) is 0.753. The zero-order valence-electron chi connectivity index (χ0n) is 13.0. The van der Waals surface area contributed by atoms with Crippen LogP contribution >= 0.6 is 23.2 Å². The summed E-state index contributed by atoms with van der Waals surface area (Å²) in [5.41, 5.74) is 1.64. The molecule has 1 N–H and O–H groups in total. The molecule has 2 unspecified atom stereocenters. The van der Waals surface area contributed by atoms with E-state index >= 15 is 0 Å². The molecule has 0 spiro atoms. The van der Waals surface area contributed by atoms with E-state index in [-0.39, 0.29) is 0 Å². The molecule has 2 saturated carbocycles. The Morgan fingerprint density at radius 3 is 2.67 bits per heavy atom. The number of hydrogen-bond acceptors (Lipinski definition) is 1. The summed E-state index contributed by atoms with van der Waals surface area (Å²) >= 11 is 12.7. The summed E-state index contributed by atoms with van der Waals surface area (Å²) in [5, 5.41) is 5.38. The van der Waals surface area contributed by atoms with Crippen LogP contribution in [0.15, 0.2) is 18.2 Å². The molecule has 21 heavy (non-hydrogen) atoms. The smallest absolute Gasteiger partial charge is 0.0441 e. The topological polar surface area (TPSA) is 12.0 Å². The van der Waals surface area contributed by atoms with E-state index in [1.165, 1.54) is 37.7 Å². The van der Waals surface area contributed by atoms with Crippen molar-refractivity contribution in [3.05, 3.63) is 33.8 Å². The monoisotopic (exact) mass is 325 g/mol. The molecule has 3 heteroatoms. The highest BCUT2D eigenvalue weighted by Gasteiger charge is 2.37. The van der Waals surface area contributed by atoms with Crippen molar-refractivity contribution in [2.24, 2.45) is 11.3 Å². The Morgan fingerprint density at radius 2 is 1.95 bits per heavy atom. The van der Waals surface area contributed by atoms with E-state index < -0.39 is 0 Å². The molecule has 2 fully saturated rings. The van der Waals surface area contributed by atoms with Gasteiger partial charge in [0, 0.05) is 16.1 Å². The molecule has 0 saturated heterocycles. The first-order valence-electron chi connectivity index (χ1n) is 8.13. The molecule has 3 rings (SSSR count). The molecule has 1 nitrogen and oxygen atoms in total. The van der Waals surface area contributed by atoms with Crippen LogP contribution < -0.4 is 5.32 Å². The first kappa shape index (κ1) is 15.6. The third kappa shape index (κ3) is 3.94. The van der Waals surface area contributed by atoms with Gasteiger partial charge in [-0.2, -0.15) is 0 Å². The van der Waals surface area contributed by atoms with E-state index in [0.29, 0.717) is 17.3 Å². The van der Waals surface area contributed by atoms with Crippen molar-refractivity contribution in [2.75, 3.05) is 6.54 Å². The van der Waals surface area contributed by atoms with Gasteiger partial charge in [0.1, 0.15) is 0 Å². The molecule has 0 radical (unpaired) electrons. The van der Waals surface area contributed by atoms with Gasteiger partial charge in [0.25, 0.3) is 0 Å². The highest BCUT2D eigenvalue weighted by molar-refractivity contribution is 6.33. The van der Waals surface area contributed by atoms with Gasteiger partial charge in [-0.3, -0.25) is 0 Å². The van der Waals surface area contributed by atoms with Gasteiger partial charge < -0.3 is 5.32 Å². The molecule has 0 amide bonds. The fourth-order valence-electron chi connectivity index (χ4n) is 3.65. The van der Waals surface area contributed by atoms with Gasteiger partial charge in [-0.1, -0.05) is 37.0 Å². The minimum atomic E-state index is 0.395. The maximum atomic E-state index is 6.48. The molecule has 0 heterocycles. The van der Waals surface area contributed by atoms with E-state index in [1.54, 1.807) is 0 Å². The lowest BCUT2D eigenvalue weighted by Gasteiger charge is -2.41. The Kier molecular flexibility index (Phi) is 4.55. The first-order chi connectivity index (χ1) is 9.94. The summed E-state index contributed by atoms with van der Waals surface area (Å²) in [7, 11) is 0. The number of halogens is 2. The van der Waals surface area contributed by atoms with E-state index in [1.807, 2.05) is 12.1 Å². The maximum absolute atomic E-state index is 6.48. The summed E-state index contributed by atoms with van der Waals surface area (Å²) in [5.74, 6) is 1.20. The summed E-state index contributed by atoms with van der Waals surface area (Å²) in [4.78, 5) is 0. The van der Waals surface area contributed by atoms with Crippen molar-refractivity contribution in [3.63, 3.8) is 0 Å². The lowest BCUT2D eigenvalue weighted by molar-refractivity contribution is 0.159. The Hall–Kier alpha value is -0.240. The fourth-order valence-corrected chi connectivity index (χ4v) is 4.09. The van der Waals surface area contributed by atoms with Crippen molar-refractivity contribution in [2.45, 2.75) is 57.9 Å². The highest BCUT2D eigenvalue weighted by atomic mass is 35.5. The molecule has 1 aromatic rings.